The van der Waals surface area contributed by atoms with Crippen molar-refractivity contribution >= 4 is 10.8 Å². The summed E-state index contributed by atoms with van der Waals surface area (Å²) < 4.78 is 0. The average molecular weight is 159 g/mol. The lowest BCUT2D eigenvalue weighted by Crippen LogP contribution is -1.74. The molecule has 2 nitrogen and oxygen atoms in total. The van der Waals surface area contributed by atoms with Crippen LogP contribution in [0.15, 0.2) is 30.3 Å². The molecule has 0 aliphatic heterocycles. The van der Waals surface area contributed by atoms with Crippen LogP contribution < -0.4 is 0 Å². The molecule has 0 aliphatic rings. The van der Waals surface area contributed by atoms with E-state index in [1.54, 1.807) is 18.2 Å². The first-order chi connectivity index (χ1) is 5.79. The molecule has 0 unspecified atom stereocenters. The van der Waals surface area contributed by atoms with Crippen molar-refractivity contribution in [2.75, 3.05) is 0 Å². The van der Waals surface area contributed by atoms with Crippen LogP contribution in [0.3, 0.4) is 0 Å². The topological polar surface area (TPSA) is 40.5 Å². The molecule has 1 radical (unpaired) electrons. The molecular formula is C10H7O2. The lowest BCUT2D eigenvalue weighted by atomic mass is 10.1. The fourth-order valence-corrected chi connectivity index (χ4v) is 1.24. The molecule has 0 atom stereocenters. The zero-order chi connectivity index (χ0) is 8.55. The molecule has 59 valence electrons. The molecule has 0 bridgehead atoms. The van der Waals surface area contributed by atoms with Crippen LogP contribution in [0.2, 0.25) is 0 Å². The van der Waals surface area contributed by atoms with Gasteiger partial charge in [0.05, 0.1) is 5.39 Å². The van der Waals surface area contributed by atoms with Gasteiger partial charge in [0.25, 0.3) is 0 Å². The second kappa shape index (κ2) is 2.41. The van der Waals surface area contributed by atoms with Gasteiger partial charge in [0.2, 0.25) is 0 Å². The van der Waals surface area contributed by atoms with Crippen molar-refractivity contribution in [2.45, 2.75) is 0 Å². The summed E-state index contributed by atoms with van der Waals surface area (Å²) in [7, 11) is 0. The Morgan fingerprint density at radius 1 is 1.00 bits per heavy atom. The summed E-state index contributed by atoms with van der Waals surface area (Å²) in [6.07, 6.45) is 0. The van der Waals surface area contributed by atoms with Crippen molar-refractivity contribution in [1.29, 1.82) is 0 Å². The van der Waals surface area contributed by atoms with Gasteiger partial charge >= 0.3 is 0 Å². The molecule has 12 heavy (non-hydrogen) atoms. The third-order valence-electron chi connectivity index (χ3n) is 1.79. The first-order valence-corrected chi connectivity index (χ1v) is 3.60. The van der Waals surface area contributed by atoms with Gasteiger partial charge in [-0.2, -0.15) is 0 Å². The molecule has 0 aliphatic carbocycles. The Kier molecular flexibility index (Phi) is 1.40. The van der Waals surface area contributed by atoms with Crippen LogP contribution in [-0.2, 0) is 0 Å². The Morgan fingerprint density at radius 2 is 1.83 bits per heavy atom. The van der Waals surface area contributed by atoms with Gasteiger partial charge in [0, 0.05) is 0 Å². The van der Waals surface area contributed by atoms with Crippen LogP contribution in [0.4, 0.5) is 0 Å². The zero-order valence-corrected chi connectivity index (χ0v) is 6.28. The lowest BCUT2D eigenvalue weighted by molar-refractivity contribution is 0.464. The predicted molar refractivity (Wildman–Crippen MR) is 46.1 cm³/mol. The summed E-state index contributed by atoms with van der Waals surface area (Å²) in [5.74, 6) is 0.157. The number of hydrogen-bond acceptors (Lipinski definition) is 2. The van der Waals surface area contributed by atoms with Gasteiger partial charge in [-0.25, -0.2) is 0 Å². The van der Waals surface area contributed by atoms with E-state index in [4.69, 9.17) is 0 Å². The standard InChI is InChI=1S/C10H7O2/c11-8-5-1-3-7-4-2-6-9(12)10(7)8/h1,3-6,11-12H. The zero-order valence-electron chi connectivity index (χ0n) is 6.28. The highest BCUT2D eigenvalue weighted by Gasteiger charge is 2.02. The first-order valence-electron chi connectivity index (χ1n) is 3.60. The number of phenols is 2. The molecule has 2 heteroatoms. The highest BCUT2D eigenvalue weighted by molar-refractivity contribution is 5.92. The molecule has 2 rings (SSSR count). The maximum absolute atomic E-state index is 9.38. The Morgan fingerprint density at radius 3 is 2.58 bits per heavy atom. The average Bonchev–Trinajstić information content (AvgIpc) is 2.04. The molecule has 0 heterocycles. The SMILES string of the molecule is Oc1c[c]cc2cccc(O)c12. The minimum atomic E-state index is 0.0607. The fraction of sp³-hybridized carbons (Fsp3) is 0. The van der Waals surface area contributed by atoms with Gasteiger partial charge in [-0.15, -0.1) is 0 Å². The summed E-state index contributed by atoms with van der Waals surface area (Å²) in [5, 5.41) is 20.0. The molecule has 2 aromatic carbocycles. The van der Waals surface area contributed by atoms with Gasteiger partial charge in [-0.05, 0) is 29.7 Å². The summed E-state index contributed by atoms with van der Waals surface area (Å²) in [6.45, 7) is 0. The monoisotopic (exact) mass is 159 g/mol. The maximum Gasteiger partial charge on any atom is 0.127 e. The van der Waals surface area contributed by atoms with E-state index in [0.717, 1.165) is 5.39 Å². The smallest absolute Gasteiger partial charge is 0.127 e. The van der Waals surface area contributed by atoms with E-state index in [0.29, 0.717) is 5.39 Å². The van der Waals surface area contributed by atoms with E-state index in [2.05, 4.69) is 6.07 Å². The van der Waals surface area contributed by atoms with Crippen LogP contribution in [0.5, 0.6) is 11.5 Å². The molecule has 2 N–H and O–H groups in total. The quantitative estimate of drug-likeness (QED) is 0.617. The Balaban J connectivity index is 2.96. The van der Waals surface area contributed by atoms with Crippen LogP contribution in [-0.4, -0.2) is 10.2 Å². The highest BCUT2D eigenvalue weighted by Crippen LogP contribution is 2.31. The van der Waals surface area contributed by atoms with E-state index in [1.807, 2.05) is 6.07 Å². The van der Waals surface area contributed by atoms with Crippen molar-refractivity contribution in [3.8, 4) is 11.5 Å². The van der Waals surface area contributed by atoms with E-state index in [1.165, 1.54) is 6.07 Å². The molecular weight excluding hydrogens is 152 g/mol. The number of benzene rings is 2. The number of aromatic hydroxyl groups is 2. The first kappa shape index (κ1) is 6.98. The maximum atomic E-state index is 9.38. The fourth-order valence-electron chi connectivity index (χ4n) is 1.24. The normalized spacial score (nSPS) is 10.3. The van der Waals surface area contributed by atoms with Gasteiger partial charge in [0.15, 0.2) is 0 Å². The lowest BCUT2D eigenvalue weighted by Gasteiger charge is -2.01. The minimum absolute atomic E-state index is 0.0607. The van der Waals surface area contributed by atoms with Crippen molar-refractivity contribution in [3.05, 3.63) is 36.4 Å². The largest absolute Gasteiger partial charge is 0.507 e. The van der Waals surface area contributed by atoms with Crippen molar-refractivity contribution in [1.82, 2.24) is 0 Å². The van der Waals surface area contributed by atoms with Gasteiger partial charge in [0.1, 0.15) is 11.5 Å². The summed E-state index contributed by atoms with van der Waals surface area (Å²) in [6, 6.07) is 11.0. The molecule has 2 aromatic rings. The van der Waals surface area contributed by atoms with E-state index < -0.39 is 0 Å². The molecule has 0 amide bonds. The minimum Gasteiger partial charge on any atom is -0.507 e. The van der Waals surface area contributed by atoms with Gasteiger partial charge < -0.3 is 10.2 Å². The second-order valence-corrected chi connectivity index (χ2v) is 2.58. The number of rotatable bonds is 0. The Labute approximate surface area is 69.7 Å². The second-order valence-electron chi connectivity index (χ2n) is 2.58. The molecule has 0 saturated heterocycles. The number of fused-ring (bicyclic) bond motifs is 1. The summed E-state index contributed by atoms with van der Waals surface area (Å²) in [5.41, 5.74) is 0. The third-order valence-corrected chi connectivity index (χ3v) is 1.79. The van der Waals surface area contributed by atoms with E-state index in [9.17, 15) is 10.2 Å². The molecule has 0 spiro atoms. The van der Waals surface area contributed by atoms with E-state index in [-0.39, 0.29) is 11.5 Å². The van der Waals surface area contributed by atoms with Crippen LogP contribution in [0.25, 0.3) is 10.8 Å². The number of phenolic OH excluding ortho intramolecular Hbond substituents is 2. The summed E-state index contributed by atoms with van der Waals surface area (Å²) >= 11 is 0. The molecule has 0 aromatic heterocycles. The number of hydrogen-bond donors (Lipinski definition) is 2. The highest BCUT2D eigenvalue weighted by atomic mass is 16.3. The van der Waals surface area contributed by atoms with Gasteiger partial charge in [-0.3, -0.25) is 0 Å². The van der Waals surface area contributed by atoms with Gasteiger partial charge in [-0.1, -0.05) is 12.1 Å². The summed E-state index contributed by atoms with van der Waals surface area (Å²) in [4.78, 5) is 0. The van der Waals surface area contributed by atoms with E-state index >= 15 is 0 Å². The van der Waals surface area contributed by atoms with Crippen molar-refractivity contribution in [3.63, 3.8) is 0 Å². The van der Waals surface area contributed by atoms with Crippen molar-refractivity contribution in [2.24, 2.45) is 0 Å². The van der Waals surface area contributed by atoms with Crippen LogP contribution in [0, 0.1) is 6.07 Å². The van der Waals surface area contributed by atoms with Crippen LogP contribution >= 0.6 is 0 Å². The van der Waals surface area contributed by atoms with Crippen molar-refractivity contribution < 1.29 is 10.2 Å². The molecule has 0 saturated carbocycles. The third kappa shape index (κ3) is 0.889. The Hall–Kier alpha value is -1.70. The predicted octanol–water partition coefficient (Wildman–Crippen LogP) is 2.05. The van der Waals surface area contributed by atoms with Crippen LogP contribution in [0.1, 0.15) is 0 Å². The Bertz CT molecular complexity index is 384. The molecule has 0 fully saturated rings.